The smallest absolute Gasteiger partial charge is 0.130 e. The van der Waals surface area contributed by atoms with Gasteiger partial charge in [0.05, 0.1) is 13.3 Å². The van der Waals surface area contributed by atoms with E-state index in [1.54, 1.807) is 0 Å². The van der Waals surface area contributed by atoms with Crippen LogP contribution in [0.5, 0.6) is 5.75 Å². The monoisotopic (exact) mass is 169 g/mol. The molecule has 0 saturated carbocycles. The molecule has 0 aliphatic rings. The molecule has 0 heterocycles. The first-order valence-corrected chi connectivity index (χ1v) is 3.29. The second-order valence-corrected chi connectivity index (χ2v) is 2.13. The Morgan fingerprint density at radius 2 is 2.33 bits per heavy atom. The fraction of sp³-hybridized carbons (Fsp3) is 0.125. The zero-order chi connectivity index (χ0) is 8.97. The van der Waals surface area contributed by atoms with Crippen LogP contribution in [-0.2, 0) is 0 Å². The summed E-state index contributed by atoms with van der Waals surface area (Å²) in [5.74, 6) is -0.0465. The van der Waals surface area contributed by atoms with Gasteiger partial charge in [0.2, 0.25) is 0 Å². The first-order valence-electron chi connectivity index (χ1n) is 3.29. The summed E-state index contributed by atoms with van der Waals surface area (Å²) in [4.78, 5) is 0. The molecule has 0 radical (unpaired) electrons. The highest BCUT2D eigenvalue weighted by molar-refractivity contribution is 5.82. The summed E-state index contributed by atoms with van der Waals surface area (Å²) in [7, 11) is 1.42. The van der Waals surface area contributed by atoms with E-state index in [1.165, 1.54) is 31.5 Å². The Kier molecular flexibility index (Phi) is 2.63. The maximum atomic E-state index is 12.6. The van der Waals surface area contributed by atoms with Crippen molar-refractivity contribution in [2.24, 2.45) is 5.16 Å². The predicted molar refractivity (Wildman–Crippen MR) is 42.3 cm³/mol. The number of halogens is 1. The molecule has 64 valence electrons. The third-order valence-corrected chi connectivity index (χ3v) is 1.39. The summed E-state index contributed by atoms with van der Waals surface area (Å²) >= 11 is 0. The predicted octanol–water partition coefficient (Wildman–Crippen LogP) is 1.64. The van der Waals surface area contributed by atoms with Gasteiger partial charge in [-0.1, -0.05) is 5.16 Å². The molecule has 1 N–H and O–H groups in total. The molecule has 0 fully saturated rings. The minimum atomic E-state index is -0.387. The van der Waals surface area contributed by atoms with Gasteiger partial charge >= 0.3 is 0 Å². The number of rotatable bonds is 2. The van der Waals surface area contributed by atoms with Crippen LogP contribution in [0.25, 0.3) is 0 Å². The molecule has 1 aromatic carbocycles. The summed E-state index contributed by atoms with van der Waals surface area (Å²) in [5, 5.41) is 11.0. The normalized spacial score (nSPS) is 10.5. The van der Waals surface area contributed by atoms with Crippen LogP contribution in [0.3, 0.4) is 0 Å². The van der Waals surface area contributed by atoms with Gasteiger partial charge in [-0.15, -0.1) is 0 Å². The van der Waals surface area contributed by atoms with Crippen LogP contribution in [0.4, 0.5) is 4.39 Å². The molecular weight excluding hydrogens is 161 g/mol. The van der Waals surface area contributed by atoms with Crippen LogP contribution >= 0.6 is 0 Å². The molecule has 0 spiro atoms. The summed E-state index contributed by atoms with van der Waals surface area (Å²) in [6.45, 7) is 0. The van der Waals surface area contributed by atoms with E-state index in [1.807, 2.05) is 0 Å². The van der Waals surface area contributed by atoms with Crippen molar-refractivity contribution in [2.75, 3.05) is 7.11 Å². The molecule has 0 aliphatic heterocycles. The van der Waals surface area contributed by atoms with E-state index in [4.69, 9.17) is 9.94 Å². The Labute approximate surface area is 69.1 Å². The van der Waals surface area contributed by atoms with Crippen LogP contribution < -0.4 is 4.74 Å². The standard InChI is InChI=1S/C8H8FNO2/c1-12-8-4-7(9)3-2-6(8)5-10-11/h2-5,11H,1H3. The number of oxime groups is 1. The summed E-state index contributed by atoms with van der Waals surface area (Å²) in [6.07, 6.45) is 1.18. The van der Waals surface area contributed by atoms with Crippen molar-refractivity contribution in [1.29, 1.82) is 0 Å². The van der Waals surface area contributed by atoms with E-state index >= 15 is 0 Å². The molecule has 0 atom stereocenters. The quantitative estimate of drug-likeness (QED) is 0.415. The molecule has 4 heteroatoms. The number of nitrogens with zero attached hydrogens (tertiary/aromatic N) is 1. The molecule has 12 heavy (non-hydrogen) atoms. The Bertz CT molecular complexity index is 299. The van der Waals surface area contributed by atoms with E-state index < -0.39 is 0 Å². The van der Waals surface area contributed by atoms with Gasteiger partial charge in [-0.3, -0.25) is 0 Å². The van der Waals surface area contributed by atoms with Gasteiger partial charge in [-0.25, -0.2) is 4.39 Å². The van der Waals surface area contributed by atoms with Gasteiger partial charge in [0.25, 0.3) is 0 Å². The van der Waals surface area contributed by atoms with Gasteiger partial charge in [0, 0.05) is 11.6 Å². The molecule has 1 rings (SSSR count). The van der Waals surface area contributed by atoms with Crippen molar-refractivity contribution >= 4 is 6.21 Å². The second-order valence-electron chi connectivity index (χ2n) is 2.13. The lowest BCUT2D eigenvalue weighted by molar-refractivity contribution is 0.321. The fourth-order valence-electron chi connectivity index (χ4n) is 0.854. The van der Waals surface area contributed by atoms with Crippen molar-refractivity contribution < 1.29 is 14.3 Å². The summed E-state index contributed by atoms with van der Waals surface area (Å²) in [6, 6.07) is 3.95. The Morgan fingerprint density at radius 3 is 2.92 bits per heavy atom. The molecule has 0 unspecified atom stereocenters. The lowest BCUT2D eigenvalue weighted by Crippen LogP contribution is -1.91. The Morgan fingerprint density at radius 1 is 1.58 bits per heavy atom. The molecule has 1 aromatic rings. The molecule has 0 aromatic heterocycles. The van der Waals surface area contributed by atoms with Crippen molar-refractivity contribution in [3.8, 4) is 5.75 Å². The molecular formula is C8H8FNO2. The number of hydrogen-bond donors (Lipinski definition) is 1. The van der Waals surface area contributed by atoms with Crippen LogP contribution in [0.2, 0.25) is 0 Å². The van der Waals surface area contributed by atoms with Crippen LogP contribution in [0, 0.1) is 5.82 Å². The van der Waals surface area contributed by atoms with Gasteiger partial charge in [-0.2, -0.15) is 0 Å². The van der Waals surface area contributed by atoms with E-state index in [2.05, 4.69) is 5.16 Å². The average Bonchev–Trinajstić information content (AvgIpc) is 2.08. The molecule has 0 aliphatic carbocycles. The highest BCUT2D eigenvalue weighted by atomic mass is 19.1. The lowest BCUT2D eigenvalue weighted by Gasteiger charge is -2.02. The number of ether oxygens (including phenoxy) is 1. The van der Waals surface area contributed by atoms with Crippen LogP contribution in [0.15, 0.2) is 23.4 Å². The van der Waals surface area contributed by atoms with Crippen LogP contribution in [0.1, 0.15) is 5.56 Å². The van der Waals surface area contributed by atoms with Crippen molar-refractivity contribution in [2.45, 2.75) is 0 Å². The van der Waals surface area contributed by atoms with Crippen molar-refractivity contribution in [3.05, 3.63) is 29.6 Å². The maximum absolute atomic E-state index is 12.6. The second kappa shape index (κ2) is 3.71. The molecule has 0 saturated heterocycles. The van der Waals surface area contributed by atoms with Crippen molar-refractivity contribution in [1.82, 2.24) is 0 Å². The van der Waals surface area contributed by atoms with Gasteiger partial charge in [-0.05, 0) is 12.1 Å². The first-order chi connectivity index (χ1) is 5.77. The van der Waals surface area contributed by atoms with Gasteiger partial charge < -0.3 is 9.94 Å². The summed E-state index contributed by atoms with van der Waals surface area (Å²) < 4.78 is 17.4. The highest BCUT2D eigenvalue weighted by Crippen LogP contribution is 2.17. The van der Waals surface area contributed by atoms with Gasteiger partial charge in [0.15, 0.2) is 0 Å². The third-order valence-electron chi connectivity index (χ3n) is 1.39. The lowest BCUT2D eigenvalue weighted by atomic mass is 10.2. The minimum Gasteiger partial charge on any atom is -0.496 e. The fourth-order valence-corrected chi connectivity index (χ4v) is 0.854. The Balaban J connectivity index is 3.10. The largest absolute Gasteiger partial charge is 0.496 e. The zero-order valence-electron chi connectivity index (χ0n) is 6.49. The van der Waals surface area contributed by atoms with Gasteiger partial charge in [0.1, 0.15) is 11.6 Å². The van der Waals surface area contributed by atoms with E-state index in [-0.39, 0.29) is 5.82 Å². The number of hydrogen-bond acceptors (Lipinski definition) is 3. The number of benzene rings is 1. The topological polar surface area (TPSA) is 41.8 Å². The molecule has 0 amide bonds. The first kappa shape index (κ1) is 8.52. The molecule has 0 bridgehead atoms. The van der Waals surface area contributed by atoms with E-state index in [9.17, 15) is 4.39 Å². The van der Waals surface area contributed by atoms with E-state index in [0.717, 1.165) is 0 Å². The van der Waals surface area contributed by atoms with Crippen LogP contribution in [-0.4, -0.2) is 18.5 Å². The van der Waals surface area contributed by atoms with Crippen molar-refractivity contribution in [3.63, 3.8) is 0 Å². The third kappa shape index (κ3) is 1.72. The SMILES string of the molecule is COc1cc(F)ccc1C=NO. The highest BCUT2D eigenvalue weighted by Gasteiger charge is 2.01. The molecule has 3 nitrogen and oxygen atoms in total. The van der Waals surface area contributed by atoms with E-state index in [0.29, 0.717) is 11.3 Å². The zero-order valence-corrected chi connectivity index (χ0v) is 6.49. The number of methoxy groups -OCH3 is 1. The summed E-state index contributed by atoms with van der Waals surface area (Å²) in [5.41, 5.74) is 0.529. The maximum Gasteiger partial charge on any atom is 0.130 e. The Hall–Kier alpha value is -1.58. The minimum absolute atomic E-state index is 0.341. The average molecular weight is 169 g/mol.